The number of aromatic nitrogens is 2. The Morgan fingerprint density at radius 3 is 2.61 bits per heavy atom. The number of aromatic amines is 1. The van der Waals surface area contributed by atoms with Crippen molar-refractivity contribution in [3.63, 3.8) is 0 Å². The highest BCUT2D eigenvalue weighted by Crippen LogP contribution is 2.29. The monoisotopic (exact) mass is 460 g/mol. The van der Waals surface area contributed by atoms with Crippen LogP contribution in [-0.2, 0) is 6.61 Å². The Labute approximate surface area is 196 Å². The summed E-state index contributed by atoms with van der Waals surface area (Å²) in [6.07, 6.45) is 1.55. The molecule has 33 heavy (non-hydrogen) atoms. The van der Waals surface area contributed by atoms with Crippen LogP contribution in [0.2, 0.25) is 5.02 Å². The van der Waals surface area contributed by atoms with Gasteiger partial charge in [-0.2, -0.15) is 10.2 Å². The summed E-state index contributed by atoms with van der Waals surface area (Å²) < 4.78 is 11.1. The van der Waals surface area contributed by atoms with Gasteiger partial charge < -0.3 is 9.47 Å². The van der Waals surface area contributed by atoms with Crippen LogP contribution in [0, 0.1) is 0 Å². The average Bonchev–Trinajstić information content (AvgIpc) is 3.35. The zero-order valence-corrected chi connectivity index (χ0v) is 18.5. The van der Waals surface area contributed by atoms with E-state index in [9.17, 15) is 4.79 Å². The number of hydrazone groups is 1. The second-order valence-corrected chi connectivity index (χ2v) is 7.49. The van der Waals surface area contributed by atoms with E-state index in [4.69, 9.17) is 21.1 Å². The number of rotatable bonds is 8. The second-order valence-electron chi connectivity index (χ2n) is 7.05. The zero-order chi connectivity index (χ0) is 23.0. The van der Waals surface area contributed by atoms with Gasteiger partial charge in [0, 0.05) is 10.6 Å². The Balaban J connectivity index is 1.41. The fourth-order valence-electron chi connectivity index (χ4n) is 3.04. The van der Waals surface area contributed by atoms with E-state index in [0.29, 0.717) is 23.1 Å². The van der Waals surface area contributed by atoms with Crippen LogP contribution in [0.4, 0.5) is 0 Å². The molecule has 7 nitrogen and oxygen atoms in total. The van der Waals surface area contributed by atoms with Crippen molar-refractivity contribution in [1.29, 1.82) is 0 Å². The van der Waals surface area contributed by atoms with Crippen molar-refractivity contribution in [3.05, 3.63) is 101 Å². The molecule has 2 N–H and O–H groups in total. The van der Waals surface area contributed by atoms with Gasteiger partial charge in [-0.05, 0) is 65.7 Å². The molecule has 0 saturated carbocycles. The van der Waals surface area contributed by atoms with Gasteiger partial charge in [-0.1, -0.05) is 35.9 Å². The van der Waals surface area contributed by atoms with Gasteiger partial charge in [0.05, 0.1) is 19.0 Å². The number of carbonyl (C=O) groups excluding carboxylic acids is 1. The third kappa shape index (κ3) is 5.78. The van der Waals surface area contributed by atoms with Crippen LogP contribution >= 0.6 is 11.6 Å². The summed E-state index contributed by atoms with van der Waals surface area (Å²) >= 11 is 5.94. The molecule has 0 fully saturated rings. The Morgan fingerprint density at radius 1 is 1.09 bits per heavy atom. The molecule has 0 atom stereocenters. The first-order valence-corrected chi connectivity index (χ1v) is 10.5. The van der Waals surface area contributed by atoms with Gasteiger partial charge in [-0.3, -0.25) is 9.89 Å². The number of carbonyl (C=O) groups is 1. The number of benzene rings is 3. The quantitative estimate of drug-likeness (QED) is 0.283. The van der Waals surface area contributed by atoms with Crippen molar-refractivity contribution >= 4 is 23.7 Å². The van der Waals surface area contributed by atoms with E-state index in [1.54, 1.807) is 19.4 Å². The van der Waals surface area contributed by atoms with Crippen LogP contribution in [0.15, 0.2) is 84.0 Å². The number of H-pyrrole nitrogens is 1. The first-order valence-electron chi connectivity index (χ1n) is 10.1. The minimum absolute atomic E-state index is 0.282. The third-order valence-corrected chi connectivity index (χ3v) is 5.04. The predicted octanol–water partition coefficient (Wildman–Crippen LogP) is 5.08. The topological polar surface area (TPSA) is 88.6 Å². The second kappa shape index (κ2) is 10.5. The summed E-state index contributed by atoms with van der Waals surface area (Å²) in [5, 5.41) is 11.7. The molecule has 1 amide bonds. The smallest absolute Gasteiger partial charge is 0.289 e. The van der Waals surface area contributed by atoms with Crippen LogP contribution in [-0.4, -0.2) is 29.4 Å². The van der Waals surface area contributed by atoms with Crippen molar-refractivity contribution in [3.8, 4) is 22.8 Å². The molecule has 1 aromatic heterocycles. The van der Waals surface area contributed by atoms with E-state index in [1.807, 2.05) is 72.8 Å². The molecule has 0 aliphatic rings. The molecule has 0 spiro atoms. The Morgan fingerprint density at radius 2 is 1.85 bits per heavy atom. The molecule has 0 saturated heterocycles. The van der Waals surface area contributed by atoms with Gasteiger partial charge in [0.15, 0.2) is 0 Å². The molecular weight excluding hydrogens is 440 g/mol. The molecule has 0 radical (unpaired) electrons. The maximum absolute atomic E-state index is 12.4. The van der Waals surface area contributed by atoms with Crippen molar-refractivity contribution in [1.82, 2.24) is 15.6 Å². The number of ether oxygens (including phenoxy) is 2. The molecule has 0 unspecified atom stereocenters. The third-order valence-electron chi connectivity index (χ3n) is 4.79. The summed E-state index contributed by atoms with van der Waals surface area (Å²) in [4.78, 5) is 12.4. The lowest BCUT2D eigenvalue weighted by Gasteiger charge is -2.10. The van der Waals surface area contributed by atoms with E-state index in [2.05, 4.69) is 20.7 Å². The maximum Gasteiger partial charge on any atom is 0.289 e. The lowest BCUT2D eigenvalue weighted by molar-refractivity contribution is 0.0950. The summed E-state index contributed by atoms with van der Waals surface area (Å²) in [5.74, 6) is 1.00. The fourth-order valence-corrected chi connectivity index (χ4v) is 3.16. The van der Waals surface area contributed by atoms with Crippen LogP contribution in [0.3, 0.4) is 0 Å². The highest BCUT2D eigenvalue weighted by atomic mass is 35.5. The number of halogens is 1. The van der Waals surface area contributed by atoms with Gasteiger partial charge >= 0.3 is 0 Å². The normalized spacial score (nSPS) is 10.8. The molecule has 0 bridgehead atoms. The van der Waals surface area contributed by atoms with Crippen LogP contribution < -0.4 is 14.9 Å². The van der Waals surface area contributed by atoms with E-state index in [1.165, 1.54) is 0 Å². The zero-order valence-electron chi connectivity index (χ0n) is 17.8. The van der Waals surface area contributed by atoms with Crippen LogP contribution in [0.1, 0.15) is 21.6 Å². The fraction of sp³-hybridized carbons (Fsp3) is 0.0800. The van der Waals surface area contributed by atoms with Gasteiger partial charge in [-0.25, -0.2) is 5.43 Å². The highest BCUT2D eigenvalue weighted by molar-refractivity contribution is 6.30. The molecular formula is C25H21ClN4O3. The molecule has 166 valence electrons. The standard InChI is InChI=1S/C25H21ClN4O3/c1-32-20-12-8-17(9-13-20)15-27-30-25(31)23-14-22(28-29-23)21-4-2-3-5-24(21)33-16-18-6-10-19(26)11-7-18/h2-15H,16H2,1H3,(H,28,29)(H,30,31)/b27-15-. The minimum Gasteiger partial charge on any atom is -0.497 e. The summed E-state index contributed by atoms with van der Waals surface area (Å²) in [5.41, 5.74) is 5.95. The SMILES string of the molecule is COc1ccc(/C=N\NC(=O)c2cc(-c3ccccc3OCc3ccc(Cl)cc3)n[nH]2)cc1. The lowest BCUT2D eigenvalue weighted by Crippen LogP contribution is -2.17. The van der Waals surface area contributed by atoms with Gasteiger partial charge in [0.25, 0.3) is 5.91 Å². The minimum atomic E-state index is -0.405. The van der Waals surface area contributed by atoms with Crippen LogP contribution in [0.25, 0.3) is 11.3 Å². The maximum atomic E-state index is 12.4. The van der Waals surface area contributed by atoms with Crippen molar-refractivity contribution < 1.29 is 14.3 Å². The number of nitrogens with zero attached hydrogens (tertiary/aromatic N) is 2. The molecule has 4 rings (SSSR count). The number of methoxy groups -OCH3 is 1. The molecule has 0 aliphatic heterocycles. The number of para-hydroxylation sites is 1. The Bertz CT molecular complexity index is 1250. The van der Waals surface area contributed by atoms with E-state index in [0.717, 1.165) is 22.4 Å². The molecule has 3 aromatic carbocycles. The largest absolute Gasteiger partial charge is 0.497 e. The van der Waals surface area contributed by atoms with Gasteiger partial charge in [0.2, 0.25) is 0 Å². The van der Waals surface area contributed by atoms with Gasteiger partial charge in [0.1, 0.15) is 23.8 Å². The number of hydrogen-bond donors (Lipinski definition) is 2. The number of nitrogens with one attached hydrogen (secondary N) is 2. The number of hydrogen-bond acceptors (Lipinski definition) is 5. The summed E-state index contributed by atoms with van der Waals surface area (Å²) in [6, 6.07) is 23.9. The Kier molecular flexibility index (Phi) is 7.02. The molecule has 0 aliphatic carbocycles. The average molecular weight is 461 g/mol. The lowest BCUT2D eigenvalue weighted by atomic mass is 10.1. The van der Waals surface area contributed by atoms with Crippen molar-refractivity contribution in [2.75, 3.05) is 7.11 Å². The van der Waals surface area contributed by atoms with E-state index in [-0.39, 0.29) is 5.69 Å². The first-order chi connectivity index (χ1) is 16.1. The van der Waals surface area contributed by atoms with E-state index >= 15 is 0 Å². The highest BCUT2D eigenvalue weighted by Gasteiger charge is 2.14. The molecule has 1 heterocycles. The molecule has 8 heteroatoms. The first kappa shape index (κ1) is 22.1. The number of amides is 1. The summed E-state index contributed by atoms with van der Waals surface area (Å²) in [7, 11) is 1.60. The van der Waals surface area contributed by atoms with Crippen molar-refractivity contribution in [2.45, 2.75) is 6.61 Å². The van der Waals surface area contributed by atoms with E-state index < -0.39 is 5.91 Å². The van der Waals surface area contributed by atoms with Gasteiger partial charge in [-0.15, -0.1) is 0 Å². The Hall–Kier alpha value is -4.10. The van der Waals surface area contributed by atoms with Crippen molar-refractivity contribution in [2.24, 2.45) is 5.10 Å². The molecule has 4 aromatic rings. The summed E-state index contributed by atoms with van der Waals surface area (Å²) in [6.45, 7) is 0.381. The predicted molar refractivity (Wildman–Crippen MR) is 128 cm³/mol. The van der Waals surface area contributed by atoms with Crippen LogP contribution in [0.5, 0.6) is 11.5 Å².